The van der Waals surface area contributed by atoms with E-state index in [2.05, 4.69) is 15.0 Å². The van der Waals surface area contributed by atoms with Gasteiger partial charge in [0.25, 0.3) is 0 Å². The lowest BCUT2D eigenvalue weighted by Crippen LogP contribution is -2.41. The number of aromatic carboxylic acids is 1. The zero-order valence-corrected chi connectivity index (χ0v) is 12.9. The standard InChI is InChI=1S/C12H19N3O5S/c1-12(2,3)15-10(16)4-5-14-21(19,20)8-6-9(11(17)18)13-7-8/h6-7,13-14H,4-5H2,1-3H3,(H,15,16)(H,17,18). The van der Waals surface area contributed by atoms with Crippen LogP contribution in [0.15, 0.2) is 17.2 Å². The van der Waals surface area contributed by atoms with E-state index in [0.29, 0.717) is 0 Å². The highest BCUT2D eigenvalue weighted by Gasteiger charge is 2.19. The van der Waals surface area contributed by atoms with E-state index >= 15 is 0 Å². The average molecular weight is 317 g/mol. The maximum atomic E-state index is 11.9. The highest BCUT2D eigenvalue weighted by Crippen LogP contribution is 2.10. The van der Waals surface area contributed by atoms with Crippen molar-refractivity contribution in [2.75, 3.05) is 6.54 Å². The van der Waals surface area contributed by atoms with Crippen LogP contribution in [-0.4, -0.2) is 42.5 Å². The Kier molecular flexibility index (Phi) is 5.13. The highest BCUT2D eigenvalue weighted by atomic mass is 32.2. The van der Waals surface area contributed by atoms with Gasteiger partial charge in [-0.2, -0.15) is 0 Å². The van der Waals surface area contributed by atoms with Crippen LogP contribution in [0.4, 0.5) is 0 Å². The summed E-state index contributed by atoms with van der Waals surface area (Å²) in [6, 6.07) is 1.01. The van der Waals surface area contributed by atoms with E-state index in [1.165, 1.54) is 0 Å². The van der Waals surface area contributed by atoms with E-state index in [9.17, 15) is 18.0 Å². The van der Waals surface area contributed by atoms with Crippen molar-refractivity contribution in [3.8, 4) is 0 Å². The van der Waals surface area contributed by atoms with Crippen LogP contribution in [0.5, 0.6) is 0 Å². The van der Waals surface area contributed by atoms with Gasteiger partial charge in [0.1, 0.15) is 10.6 Å². The summed E-state index contributed by atoms with van der Waals surface area (Å²) in [5.41, 5.74) is -0.603. The molecule has 8 nitrogen and oxygen atoms in total. The summed E-state index contributed by atoms with van der Waals surface area (Å²) in [6.45, 7) is 5.39. The first-order valence-corrected chi connectivity index (χ1v) is 7.72. The summed E-state index contributed by atoms with van der Waals surface area (Å²) in [4.78, 5) is 24.4. The molecule has 1 heterocycles. The minimum Gasteiger partial charge on any atom is -0.477 e. The normalized spacial score (nSPS) is 12.1. The van der Waals surface area contributed by atoms with Crippen molar-refractivity contribution in [2.24, 2.45) is 0 Å². The molecule has 1 aromatic heterocycles. The molecule has 0 aliphatic heterocycles. The van der Waals surface area contributed by atoms with Crippen molar-refractivity contribution in [2.45, 2.75) is 37.6 Å². The minimum absolute atomic E-state index is 0.00723. The molecule has 0 aromatic carbocycles. The molecule has 1 aromatic rings. The summed E-state index contributed by atoms with van der Waals surface area (Å²) >= 11 is 0. The highest BCUT2D eigenvalue weighted by molar-refractivity contribution is 7.89. The van der Waals surface area contributed by atoms with Gasteiger partial charge in [-0.1, -0.05) is 0 Å². The Morgan fingerprint density at radius 2 is 1.95 bits per heavy atom. The number of sulfonamides is 1. The Balaban J connectivity index is 2.57. The second-order valence-corrected chi connectivity index (χ2v) is 7.27. The molecular weight excluding hydrogens is 298 g/mol. The summed E-state index contributed by atoms with van der Waals surface area (Å²) in [7, 11) is -3.84. The van der Waals surface area contributed by atoms with Crippen molar-refractivity contribution in [3.63, 3.8) is 0 Å². The molecule has 0 spiro atoms. The van der Waals surface area contributed by atoms with Gasteiger partial charge in [-0.15, -0.1) is 0 Å². The number of carbonyl (C=O) groups excluding carboxylic acids is 1. The van der Waals surface area contributed by atoms with Crippen LogP contribution in [0, 0.1) is 0 Å². The Morgan fingerprint density at radius 3 is 2.43 bits per heavy atom. The lowest BCUT2D eigenvalue weighted by Gasteiger charge is -2.20. The van der Waals surface area contributed by atoms with Crippen molar-refractivity contribution in [1.29, 1.82) is 0 Å². The molecule has 21 heavy (non-hydrogen) atoms. The fourth-order valence-electron chi connectivity index (χ4n) is 1.52. The number of amides is 1. The van der Waals surface area contributed by atoms with Crippen LogP contribution < -0.4 is 10.0 Å². The number of carbonyl (C=O) groups is 2. The van der Waals surface area contributed by atoms with Gasteiger partial charge in [0.05, 0.1) is 0 Å². The Morgan fingerprint density at radius 1 is 1.33 bits per heavy atom. The first-order chi connectivity index (χ1) is 9.51. The molecule has 9 heteroatoms. The number of aromatic nitrogens is 1. The molecule has 0 aliphatic carbocycles. The summed E-state index contributed by atoms with van der Waals surface area (Å²) in [6.07, 6.45) is 1.08. The molecule has 0 atom stereocenters. The van der Waals surface area contributed by atoms with E-state index in [1.807, 2.05) is 20.8 Å². The SMILES string of the molecule is CC(C)(C)NC(=O)CCNS(=O)(=O)c1c[nH]c(C(=O)O)c1. The monoisotopic (exact) mass is 317 g/mol. The first kappa shape index (κ1) is 17.2. The number of rotatable bonds is 6. The number of carboxylic acid groups (broad SMARTS) is 1. The Hall–Kier alpha value is -1.87. The van der Waals surface area contributed by atoms with Crippen molar-refractivity contribution < 1.29 is 23.1 Å². The smallest absolute Gasteiger partial charge is 0.352 e. The van der Waals surface area contributed by atoms with E-state index in [4.69, 9.17) is 5.11 Å². The van der Waals surface area contributed by atoms with Gasteiger partial charge in [-0.05, 0) is 26.8 Å². The fraction of sp³-hybridized carbons (Fsp3) is 0.500. The zero-order chi connectivity index (χ0) is 16.3. The van der Waals surface area contributed by atoms with Gasteiger partial charge < -0.3 is 15.4 Å². The molecular formula is C12H19N3O5S. The number of hydrogen-bond donors (Lipinski definition) is 4. The Labute approximate surface area is 123 Å². The van der Waals surface area contributed by atoms with Crippen LogP contribution in [-0.2, 0) is 14.8 Å². The van der Waals surface area contributed by atoms with Crippen molar-refractivity contribution in [3.05, 3.63) is 18.0 Å². The maximum Gasteiger partial charge on any atom is 0.352 e. The topological polar surface area (TPSA) is 128 Å². The van der Waals surface area contributed by atoms with Crippen LogP contribution in [0.3, 0.4) is 0 Å². The average Bonchev–Trinajstić information content (AvgIpc) is 2.75. The Bertz CT molecular complexity index is 628. The molecule has 1 rings (SSSR count). The van der Waals surface area contributed by atoms with E-state index in [0.717, 1.165) is 12.3 Å². The van der Waals surface area contributed by atoms with E-state index < -0.39 is 16.0 Å². The van der Waals surface area contributed by atoms with Gasteiger partial charge in [0, 0.05) is 24.7 Å². The number of H-pyrrole nitrogens is 1. The van der Waals surface area contributed by atoms with Gasteiger partial charge in [0.2, 0.25) is 15.9 Å². The molecule has 0 fully saturated rings. The van der Waals surface area contributed by atoms with Crippen molar-refractivity contribution >= 4 is 21.9 Å². The molecule has 118 valence electrons. The molecule has 0 radical (unpaired) electrons. The van der Waals surface area contributed by atoms with Crippen LogP contribution >= 0.6 is 0 Å². The van der Waals surface area contributed by atoms with Crippen LogP contribution in [0.25, 0.3) is 0 Å². The second kappa shape index (κ2) is 6.27. The molecule has 4 N–H and O–H groups in total. The van der Waals surface area contributed by atoms with Gasteiger partial charge >= 0.3 is 5.97 Å². The second-order valence-electron chi connectivity index (χ2n) is 5.50. The molecule has 0 aliphatic rings. The number of hydrogen-bond acceptors (Lipinski definition) is 4. The number of carboxylic acids is 1. The predicted molar refractivity (Wildman–Crippen MR) is 75.5 cm³/mol. The van der Waals surface area contributed by atoms with Gasteiger partial charge in [0.15, 0.2) is 0 Å². The third-order valence-corrected chi connectivity index (χ3v) is 3.80. The van der Waals surface area contributed by atoms with E-state index in [1.54, 1.807) is 0 Å². The largest absolute Gasteiger partial charge is 0.477 e. The van der Waals surface area contributed by atoms with E-state index in [-0.39, 0.29) is 35.0 Å². The summed E-state index contributed by atoms with van der Waals surface area (Å²) < 4.78 is 26.0. The minimum atomic E-state index is -3.84. The molecule has 1 amide bonds. The summed E-state index contributed by atoms with van der Waals surface area (Å²) in [5, 5.41) is 11.4. The quantitative estimate of drug-likeness (QED) is 0.599. The number of aromatic amines is 1. The molecule has 0 unspecified atom stereocenters. The molecule has 0 saturated heterocycles. The van der Waals surface area contributed by atoms with Gasteiger partial charge in [-0.3, -0.25) is 4.79 Å². The maximum absolute atomic E-state index is 11.9. The van der Waals surface area contributed by atoms with Crippen LogP contribution in [0.2, 0.25) is 0 Å². The van der Waals surface area contributed by atoms with Gasteiger partial charge in [-0.25, -0.2) is 17.9 Å². The zero-order valence-electron chi connectivity index (χ0n) is 12.1. The molecule has 0 saturated carbocycles. The first-order valence-electron chi connectivity index (χ1n) is 6.24. The number of nitrogens with one attached hydrogen (secondary N) is 3. The third kappa shape index (κ3) is 5.56. The molecule has 0 bridgehead atoms. The predicted octanol–water partition coefficient (Wildman–Crippen LogP) is 0.296. The third-order valence-electron chi connectivity index (χ3n) is 2.36. The van der Waals surface area contributed by atoms with Crippen molar-refractivity contribution in [1.82, 2.24) is 15.0 Å². The van der Waals surface area contributed by atoms with Crippen LogP contribution in [0.1, 0.15) is 37.7 Å². The summed E-state index contributed by atoms with van der Waals surface area (Å²) in [5.74, 6) is -1.52. The fourth-order valence-corrected chi connectivity index (χ4v) is 2.54. The lowest BCUT2D eigenvalue weighted by atomic mass is 10.1. The lowest BCUT2D eigenvalue weighted by molar-refractivity contribution is -0.122.